The SMILES string of the molecule is O=[13C](O)[13CH2][13CH2][13CH2][13CH2][13CH2][13CH2][13CH2][13C](=O)O. The molecule has 0 unspecified atom stereocenters. The summed E-state index contributed by atoms with van der Waals surface area (Å²) in [6.07, 6.45) is 4.53. The Kier molecular flexibility index (Phi) is 6.96. The first-order valence-electron chi connectivity index (χ1n) is 4.56. The second kappa shape index (κ2) is 7.58. The van der Waals surface area contributed by atoms with Gasteiger partial charge >= 0.3 is 11.9 Å². The van der Waals surface area contributed by atoms with E-state index >= 15 is 0 Å². The summed E-state index contributed by atoms with van der Waals surface area (Å²) >= 11 is 0. The molecule has 0 fully saturated rings. The van der Waals surface area contributed by atoms with Gasteiger partial charge in [0.25, 0.3) is 0 Å². The maximum atomic E-state index is 10.1. The molecule has 0 aromatic heterocycles. The zero-order valence-electron chi connectivity index (χ0n) is 7.66. The zero-order valence-corrected chi connectivity index (χ0v) is 7.66. The molecule has 0 atom stereocenters. The summed E-state index contributed by atoms with van der Waals surface area (Å²) < 4.78 is 0. The van der Waals surface area contributed by atoms with Crippen LogP contribution in [0.3, 0.4) is 0 Å². The Bertz CT molecular complexity index is 147. The molecular weight excluding hydrogens is 181 g/mol. The van der Waals surface area contributed by atoms with Gasteiger partial charge in [-0.1, -0.05) is 19.3 Å². The fraction of sp³-hybridized carbons (Fsp3) is 0.778. The molecule has 0 bridgehead atoms. The molecule has 0 saturated heterocycles. The van der Waals surface area contributed by atoms with Crippen molar-refractivity contribution in [1.82, 2.24) is 0 Å². The van der Waals surface area contributed by atoms with E-state index in [0.29, 0.717) is 12.8 Å². The topological polar surface area (TPSA) is 74.6 Å². The summed E-state index contributed by atoms with van der Waals surface area (Å²) in [6.45, 7) is 0. The number of carboxylic acids is 2. The van der Waals surface area contributed by atoms with E-state index in [1.165, 1.54) is 0 Å². The van der Waals surface area contributed by atoms with Gasteiger partial charge in [0.1, 0.15) is 0 Å². The van der Waals surface area contributed by atoms with Crippen LogP contribution in [0.4, 0.5) is 0 Å². The Hall–Kier alpha value is -1.06. The van der Waals surface area contributed by atoms with Crippen LogP contribution in [0.15, 0.2) is 0 Å². The van der Waals surface area contributed by atoms with Crippen molar-refractivity contribution in [2.75, 3.05) is 0 Å². The van der Waals surface area contributed by atoms with Crippen molar-refractivity contribution in [3.63, 3.8) is 0 Å². The molecule has 0 aliphatic heterocycles. The van der Waals surface area contributed by atoms with Crippen LogP contribution in [0.1, 0.15) is 44.9 Å². The van der Waals surface area contributed by atoms with Gasteiger partial charge in [-0.2, -0.15) is 0 Å². The first kappa shape index (κ1) is 11.9. The van der Waals surface area contributed by atoms with Crippen LogP contribution in [-0.2, 0) is 9.59 Å². The summed E-state index contributed by atoms with van der Waals surface area (Å²) in [5, 5.41) is 16.6. The highest BCUT2D eigenvalue weighted by Gasteiger charge is 1.98. The van der Waals surface area contributed by atoms with Gasteiger partial charge in [-0.25, -0.2) is 0 Å². The molecule has 0 radical (unpaired) electrons. The monoisotopic (exact) mass is 197 g/mol. The summed E-state index contributed by atoms with van der Waals surface area (Å²) in [6, 6.07) is 0. The fourth-order valence-electron chi connectivity index (χ4n) is 1.08. The third-order valence-corrected chi connectivity index (χ3v) is 1.78. The van der Waals surface area contributed by atoms with Gasteiger partial charge < -0.3 is 10.2 Å². The molecule has 0 aliphatic carbocycles. The van der Waals surface area contributed by atoms with Crippen LogP contribution < -0.4 is 0 Å². The molecule has 0 rings (SSSR count). The summed E-state index contributed by atoms with van der Waals surface area (Å²) in [7, 11) is 0. The van der Waals surface area contributed by atoms with Gasteiger partial charge in [0.2, 0.25) is 0 Å². The van der Waals surface area contributed by atoms with Gasteiger partial charge in [-0.15, -0.1) is 0 Å². The Morgan fingerprint density at radius 1 is 0.692 bits per heavy atom. The summed E-state index contributed by atoms with van der Waals surface area (Å²) in [5.41, 5.74) is 0. The van der Waals surface area contributed by atoms with E-state index in [2.05, 4.69) is 0 Å². The van der Waals surface area contributed by atoms with Crippen LogP contribution in [-0.4, -0.2) is 22.2 Å². The molecule has 0 spiro atoms. The number of aliphatic carboxylic acids is 2. The molecule has 13 heavy (non-hydrogen) atoms. The Balaban J connectivity index is 3.00. The summed E-state index contributed by atoms with van der Waals surface area (Å²) in [4.78, 5) is 20.2. The molecule has 0 aromatic carbocycles. The van der Waals surface area contributed by atoms with E-state index in [4.69, 9.17) is 10.2 Å². The van der Waals surface area contributed by atoms with Crippen molar-refractivity contribution in [2.24, 2.45) is 0 Å². The maximum absolute atomic E-state index is 10.1. The molecule has 2 N–H and O–H groups in total. The number of rotatable bonds is 8. The number of hydrogen-bond acceptors (Lipinski definition) is 2. The molecule has 0 saturated carbocycles. The van der Waals surface area contributed by atoms with Crippen LogP contribution in [0.2, 0.25) is 0 Å². The van der Waals surface area contributed by atoms with E-state index in [9.17, 15) is 9.59 Å². The fourth-order valence-corrected chi connectivity index (χ4v) is 1.08. The number of carbonyl (C=O) groups is 2. The van der Waals surface area contributed by atoms with E-state index in [1.54, 1.807) is 0 Å². The van der Waals surface area contributed by atoms with Gasteiger partial charge in [-0.05, 0) is 12.8 Å². The summed E-state index contributed by atoms with van der Waals surface area (Å²) in [5.74, 6) is -1.52. The minimum atomic E-state index is -0.759. The normalized spacial score (nSPS) is 9.85. The molecule has 4 heteroatoms. The van der Waals surface area contributed by atoms with Crippen molar-refractivity contribution in [3.8, 4) is 0 Å². The first-order chi connectivity index (χ1) is 6.13. The third-order valence-electron chi connectivity index (χ3n) is 1.78. The lowest BCUT2D eigenvalue weighted by atomic mass is 11.1. The second-order valence-corrected chi connectivity index (χ2v) is 3.06. The largest absolute Gasteiger partial charge is 0.481 e. The Morgan fingerprint density at radius 2 is 1.00 bits per heavy atom. The number of carboxylic acid groups (broad SMARTS) is 2. The van der Waals surface area contributed by atoms with Crippen LogP contribution in [0, 0.1) is 0 Å². The van der Waals surface area contributed by atoms with Crippen LogP contribution in [0.25, 0.3) is 0 Å². The highest BCUT2D eigenvalue weighted by atomic mass is 16.5. The molecule has 0 aliphatic rings. The molecule has 4 nitrogen and oxygen atoms in total. The molecule has 0 amide bonds. The van der Waals surface area contributed by atoms with Crippen molar-refractivity contribution < 1.29 is 19.8 Å². The van der Waals surface area contributed by atoms with Gasteiger partial charge in [0, 0.05) is 12.8 Å². The van der Waals surface area contributed by atoms with E-state index < -0.39 is 11.9 Å². The van der Waals surface area contributed by atoms with Crippen LogP contribution >= 0.6 is 0 Å². The maximum Gasteiger partial charge on any atom is 0.303 e. The first-order valence-corrected chi connectivity index (χ1v) is 4.56. The highest BCUT2D eigenvalue weighted by molar-refractivity contribution is 5.66. The van der Waals surface area contributed by atoms with Crippen molar-refractivity contribution >= 4 is 11.9 Å². The van der Waals surface area contributed by atoms with E-state index in [1.807, 2.05) is 0 Å². The predicted molar refractivity (Wildman–Crippen MR) is 47.6 cm³/mol. The Labute approximate surface area is 77.6 Å². The number of hydrogen-bond donors (Lipinski definition) is 2. The van der Waals surface area contributed by atoms with Crippen LogP contribution in [0.5, 0.6) is 0 Å². The lowest BCUT2D eigenvalue weighted by Gasteiger charge is -1.97. The number of unbranched alkanes of at least 4 members (excludes halogenated alkanes) is 4. The predicted octanol–water partition coefficient (Wildman–Crippen LogP) is 1.89. The van der Waals surface area contributed by atoms with Gasteiger partial charge in [0.15, 0.2) is 0 Å². The lowest BCUT2D eigenvalue weighted by molar-refractivity contribution is -0.138. The quantitative estimate of drug-likeness (QED) is 0.460. The third kappa shape index (κ3) is 10.9. The average molecular weight is 197 g/mol. The van der Waals surface area contributed by atoms with Gasteiger partial charge in [0.05, 0.1) is 0 Å². The minimum Gasteiger partial charge on any atom is -0.481 e. The van der Waals surface area contributed by atoms with E-state index in [-0.39, 0.29) is 12.8 Å². The second-order valence-electron chi connectivity index (χ2n) is 3.06. The van der Waals surface area contributed by atoms with E-state index in [0.717, 1.165) is 19.3 Å². The highest BCUT2D eigenvalue weighted by Crippen LogP contribution is 2.06. The van der Waals surface area contributed by atoms with Crippen molar-refractivity contribution in [3.05, 3.63) is 0 Å². The molecule has 0 heterocycles. The average Bonchev–Trinajstić information content (AvgIpc) is 2.01. The molecule has 0 aromatic rings. The zero-order chi connectivity index (χ0) is 10.1. The molecular formula is C9H16O4. The lowest BCUT2D eigenvalue weighted by Crippen LogP contribution is -1.95. The Morgan fingerprint density at radius 3 is 1.31 bits per heavy atom. The smallest absolute Gasteiger partial charge is 0.303 e. The molecule has 76 valence electrons. The minimum absolute atomic E-state index is 0.221. The van der Waals surface area contributed by atoms with Crippen molar-refractivity contribution in [2.45, 2.75) is 44.9 Å². The standard InChI is InChI=1S/C9H16O4/c10-8(11)6-4-2-1-3-5-7-9(12)13/h1-7H2,(H,10,11)(H,12,13)/i1+1,2+1,3+1,4+1,5+1,6+1,7+1,8+1,9+1. The van der Waals surface area contributed by atoms with Gasteiger partial charge in [-0.3, -0.25) is 9.59 Å². The van der Waals surface area contributed by atoms with Crippen molar-refractivity contribution in [1.29, 1.82) is 0 Å².